The van der Waals surface area contributed by atoms with Crippen LogP contribution in [-0.2, 0) is 9.53 Å². The number of hydrogen-bond donors (Lipinski definition) is 2. The minimum Gasteiger partial charge on any atom is -0.480 e. The number of allylic oxidation sites excluding steroid dienone is 1. The molecular weight excluding hydrogens is 258 g/mol. The highest BCUT2D eigenvalue weighted by molar-refractivity contribution is 5.80. The van der Waals surface area contributed by atoms with Crippen molar-refractivity contribution in [1.29, 1.82) is 0 Å². The van der Waals surface area contributed by atoms with Crippen molar-refractivity contribution in [3.05, 3.63) is 12.7 Å². The first-order valence-corrected chi connectivity index (χ1v) is 7.31. The Morgan fingerprint density at radius 2 is 2.10 bits per heavy atom. The molecule has 1 amide bonds. The smallest absolute Gasteiger partial charge is 0.407 e. The third kappa shape index (κ3) is 5.63. The lowest BCUT2D eigenvalue weighted by molar-refractivity contribution is -0.140. The van der Waals surface area contributed by atoms with Crippen LogP contribution in [0.4, 0.5) is 4.79 Å². The summed E-state index contributed by atoms with van der Waals surface area (Å²) in [4.78, 5) is 22.9. The van der Waals surface area contributed by atoms with Crippen molar-refractivity contribution >= 4 is 12.1 Å². The second kappa shape index (κ2) is 8.61. The second-order valence-corrected chi connectivity index (χ2v) is 5.57. The molecule has 2 atom stereocenters. The first kappa shape index (κ1) is 16.5. The van der Waals surface area contributed by atoms with E-state index in [4.69, 9.17) is 4.74 Å². The molecule has 1 aliphatic rings. The van der Waals surface area contributed by atoms with Crippen LogP contribution in [0.15, 0.2) is 12.7 Å². The molecule has 0 aromatic heterocycles. The van der Waals surface area contributed by atoms with E-state index in [-0.39, 0.29) is 11.8 Å². The van der Waals surface area contributed by atoms with Gasteiger partial charge in [-0.1, -0.05) is 25.8 Å². The molecular formula is C15H25NO4. The normalized spacial score (nSPS) is 18.2. The van der Waals surface area contributed by atoms with Gasteiger partial charge in [0.1, 0.15) is 6.04 Å². The van der Waals surface area contributed by atoms with Gasteiger partial charge in [0.15, 0.2) is 0 Å². The van der Waals surface area contributed by atoms with Crippen molar-refractivity contribution in [1.82, 2.24) is 5.32 Å². The number of aliphatic carboxylic acids is 1. The summed E-state index contributed by atoms with van der Waals surface area (Å²) in [6.45, 7) is 5.94. The van der Waals surface area contributed by atoms with Crippen LogP contribution in [0.25, 0.3) is 0 Å². The van der Waals surface area contributed by atoms with Crippen molar-refractivity contribution < 1.29 is 19.4 Å². The summed E-state index contributed by atoms with van der Waals surface area (Å²) in [6, 6.07) is -0.825. The minimum atomic E-state index is -0.978. The van der Waals surface area contributed by atoms with Gasteiger partial charge in [-0.2, -0.15) is 0 Å². The number of amides is 1. The molecule has 0 bridgehead atoms. The van der Waals surface area contributed by atoms with E-state index in [0.29, 0.717) is 6.61 Å². The first-order valence-electron chi connectivity index (χ1n) is 7.31. The molecule has 0 spiro atoms. The summed E-state index contributed by atoms with van der Waals surface area (Å²) in [6.07, 6.45) is 6.76. The van der Waals surface area contributed by atoms with E-state index in [0.717, 1.165) is 38.5 Å². The Bertz CT molecular complexity index is 337. The second-order valence-electron chi connectivity index (χ2n) is 5.57. The number of alkyl carbamates (subject to hydrolysis) is 1. The monoisotopic (exact) mass is 283 g/mol. The molecule has 0 aromatic rings. The molecule has 114 valence electrons. The zero-order valence-electron chi connectivity index (χ0n) is 12.1. The fourth-order valence-electron chi connectivity index (χ4n) is 2.54. The molecule has 20 heavy (non-hydrogen) atoms. The van der Waals surface area contributed by atoms with Crippen LogP contribution in [0, 0.1) is 11.8 Å². The summed E-state index contributed by atoms with van der Waals surface area (Å²) >= 11 is 0. The zero-order chi connectivity index (χ0) is 15.0. The zero-order valence-corrected chi connectivity index (χ0v) is 12.1. The van der Waals surface area contributed by atoms with Gasteiger partial charge in [0.2, 0.25) is 0 Å². The number of carboxylic acids is 1. The van der Waals surface area contributed by atoms with Crippen LogP contribution in [-0.4, -0.2) is 29.8 Å². The minimum absolute atomic E-state index is 0.0261. The highest BCUT2D eigenvalue weighted by atomic mass is 16.5. The number of nitrogens with one attached hydrogen (secondary N) is 1. The van der Waals surface area contributed by atoms with E-state index in [9.17, 15) is 14.7 Å². The molecule has 5 heteroatoms. The topological polar surface area (TPSA) is 75.6 Å². The van der Waals surface area contributed by atoms with Crippen LogP contribution in [0.2, 0.25) is 0 Å². The SMILES string of the molecule is C=CCC[C@@H](C)COC(=O)N[C@H](C(=O)O)C1CCCC1. The molecule has 1 saturated carbocycles. The molecule has 0 aromatic carbocycles. The van der Waals surface area contributed by atoms with Crippen LogP contribution in [0.3, 0.4) is 0 Å². The third-order valence-corrected chi connectivity index (χ3v) is 3.77. The molecule has 2 N–H and O–H groups in total. The van der Waals surface area contributed by atoms with Crippen LogP contribution >= 0.6 is 0 Å². The van der Waals surface area contributed by atoms with Gasteiger partial charge in [0.25, 0.3) is 0 Å². The number of carbonyl (C=O) groups excluding carboxylic acids is 1. The molecule has 0 heterocycles. The Morgan fingerprint density at radius 3 is 2.65 bits per heavy atom. The highest BCUT2D eigenvalue weighted by Gasteiger charge is 2.32. The summed E-state index contributed by atoms with van der Waals surface area (Å²) < 4.78 is 5.09. The van der Waals surface area contributed by atoms with Crippen LogP contribution in [0.1, 0.15) is 45.4 Å². The number of hydrogen-bond acceptors (Lipinski definition) is 3. The van der Waals surface area contributed by atoms with E-state index in [1.54, 1.807) is 0 Å². The molecule has 5 nitrogen and oxygen atoms in total. The van der Waals surface area contributed by atoms with Crippen molar-refractivity contribution in [3.63, 3.8) is 0 Å². The van der Waals surface area contributed by atoms with E-state index in [2.05, 4.69) is 11.9 Å². The fourth-order valence-corrected chi connectivity index (χ4v) is 2.54. The van der Waals surface area contributed by atoms with Crippen LogP contribution < -0.4 is 5.32 Å². The van der Waals surface area contributed by atoms with Gasteiger partial charge >= 0.3 is 12.1 Å². The lowest BCUT2D eigenvalue weighted by Gasteiger charge is -2.20. The Balaban J connectivity index is 2.34. The van der Waals surface area contributed by atoms with Crippen molar-refractivity contribution in [2.24, 2.45) is 11.8 Å². The number of carboxylic acid groups (broad SMARTS) is 1. The quantitative estimate of drug-likeness (QED) is 0.671. The van der Waals surface area contributed by atoms with E-state index < -0.39 is 18.1 Å². The maximum Gasteiger partial charge on any atom is 0.407 e. The maximum absolute atomic E-state index is 11.7. The van der Waals surface area contributed by atoms with E-state index >= 15 is 0 Å². The van der Waals surface area contributed by atoms with Gasteiger partial charge in [-0.05, 0) is 37.5 Å². The summed E-state index contributed by atoms with van der Waals surface area (Å²) in [5.41, 5.74) is 0. The molecule has 0 saturated heterocycles. The summed E-state index contributed by atoms with van der Waals surface area (Å²) in [5, 5.41) is 11.7. The molecule has 1 rings (SSSR count). The lowest BCUT2D eigenvalue weighted by atomic mass is 9.98. The van der Waals surface area contributed by atoms with Crippen molar-refractivity contribution in [3.8, 4) is 0 Å². The fraction of sp³-hybridized carbons (Fsp3) is 0.733. The van der Waals surface area contributed by atoms with E-state index in [1.165, 1.54) is 0 Å². The average molecular weight is 283 g/mol. The van der Waals surface area contributed by atoms with Gasteiger partial charge in [-0.25, -0.2) is 9.59 Å². The Hall–Kier alpha value is -1.52. The molecule has 1 fully saturated rings. The standard InChI is InChI=1S/C15H25NO4/c1-3-4-7-11(2)10-20-15(19)16-13(14(17)18)12-8-5-6-9-12/h3,11-13H,1,4-10H2,2H3,(H,16,19)(H,17,18)/t11-,13+/m1/s1. The highest BCUT2D eigenvalue weighted by Crippen LogP contribution is 2.27. The largest absolute Gasteiger partial charge is 0.480 e. The Kier molecular flexibility index (Phi) is 7.12. The van der Waals surface area contributed by atoms with Gasteiger partial charge in [-0.15, -0.1) is 6.58 Å². The summed E-state index contributed by atoms with van der Waals surface area (Å²) in [5.74, 6) is -0.708. The Morgan fingerprint density at radius 1 is 1.45 bits per heavy atom. The predicted molar refractivity (Wildman–Crippen MR) is 76.5 cm³/mol. The Labute approximate surface area is 120 Å². The van der Waals surface area contributed by atoms with Crippen molar-refractivity contribution in [2.75, 3.05) is 6.61 Å². The average Bonchev–Trinajstić information content (AvgIpc) is 2.93. The van der Waals surface area contributed by atoms with Gasteiger partial charge in [-0.3, -0.25) is 0 Å². The third-order valence-electron chi connectivity index (χ3n) is 3.77. The first-order chi connectivity index (χ1) is 9.54. The maximum atomic E-state index is 11.7. The van der Waals surface area contributed by atoms with Gasteiger partial charge in [0.05, 0.1) is 6.61 Å². The van der Waals surface area contributed by atoms with Crippen molar-refractivity contribution in [2.45, 2.75) is 51.5 Å². The number of rotatable bonds is 8. The van der Waals surface area contributed by atoms with E-state index in [1.807, 2.05) is 13.0 Å². The predicted octanol–water partition coefficient (Wildman–Crippen LogP) is 2.96. The lowest BCUT2D eigenvalue weighted by Crippen LogP contribution is -2.45. The van der Waals surface area contributed by atoms with Gasteiger partial charge < -0.3 is 15.2 Å². The van der Waals surface area contributed by atoms with Crippen LogP contribution in [0.5, 0.6) is 0 Å². The molecule has 0 aliphatic heterocycles. The molecule has 0 unspecified atom stereocenters. The number of ether oxygens (including phenoxy) is 1. The number of carbonyl (C=O) groups is 2. The van der Waals surface area contributed by atoms with Gasteiger partial charge in [0, 0.05) is 0 Å². The molecule has 1 aliphatic carbocycles. The summed E-state index contributed by atoms with van der Waals surface area (Å²) in [7, 11) is 0. The molecule has 0 radical (unpaired) electrons.